The molecule has 0 aliphatic heterocycles. The van der Waals surface area contributed by atoms with Gasteiger partial charge in [0.2, 0.25) is 0 Å². The maximum Gasteiger partial charge on any atom is 0.0589 e. The van der Waals surface area contributed by atoms with Gasteiger partial charge in [0.25, 0.3) is 0 Å². The first-order chi connectivity index (χ1) is 5.57. The van der Waals surface area contributed by atoms with E-state index in [2.05, 4.69) is 18.7 Å². The van der Waals surface area contributed by atoms with E-state index in [1.165, 1.54) is 0 Å². The third-order valence-electron chi connectivity index (χ3n) is 1.84. The highest BCUT2D eigenvalue weighted by Gasteiger charge is 2.10. The Balaban J connectivity index is 3.70. The summed E-state index contributed by atoms with van der Waals surface area (Å²) >= 11 is 0. The minimum absolute atomic E-state index is 0.240. The first-order valence-electron chi connectivity index (χ1n) is 4.56. The van der Waals surface area contributed by atoms with Gasteiger partial charge in [-0.25, -0.2) is 0 Å². The zero-order chi connectivity index (χ0) is 9.56. The van der Waals surface area contributed by atoms with Gasteiger partial charge >= 0.3 is 0 Å². The Morgan fingerprint density at radius 3 is 2.25 bits per heavy atom. The molecule has 3 heteroatoms. The third-order valence-corrected chi connectivity index (χ3v) is 1.84. The fourth-order valence-corrected chi connectivity index (χ4v) is 1.14. The average Bonchev–Trinajstić information content (AvgIpc) is 1.96. The molecule has 0 unspecified atom stereocenters. The van der Waals surface area contributed by atoms with E-state index >= 15 is 0 Å². The molecule has 0 aromatic rings. The van der Waals surface area contributed by atoms with Gasteiger partial charge in [-0.1, -0.05) is 0 Å². The summed E-state index contributed by atoms with van der Waals surface area (Å²) in [5, 5.41) is 0. The molecule has 0 heterocycles. The van der Waals surface area contributed by atoms with E-state index in [4.69, 9.17) is 10.5 Å². The van der Waals surface area contributed by atoms with E-state index in [9.17, 15) is 0 Å². The van der Waals surface area contributed by atoms with Gasteiger partial charge in [-0.05, 0) is 20.8 Å². The number of ether oxygens (including phenoxy) is 1. The van der Waals surface area contributed by atoms with Gasteiger partial charge < -0.3 is 10.5 Å². The van der Waals surface area contributed by atoms with Crippen LogP contribution >= 0.6 is 0 Å². The van der Waals surface area contributed by atoms with Crippen molar-refractivity contribution in [2.45, 2.75) is 32.9 Å². The Kier molecular flexibility index (Phi) is 6.34. The van der Waals surface area contributed by atoms with E-state index in [1.807, 2.05) is 6.92 Å². The van der Waals surface area contributed by atoms with Crippen molar-refractivity contribution in [1.29, 1.82) is 0 Å². The normalized spacial score (nSPS) is 14.2. The predicted octanol–water partition coefficient (Wildman–Crippen LogP) is 0.690. The monoisotopic (exact) mass is 174 g/mol. The van der Waals surface area contributed by atoms with Crippen LogP contribution in [0.4, 0.5) is 0 Å². The summed E-state index contributed by atoms with van der Waals surface area (Å²) in [5.74, 6) is 0. The molecule has 0 bridgehead atoms. The van der Waals surface area contributed by atoms with Crippen LogP contribution in [0, 0.1) is 0 Å². The average molecular weight is 174 g/mol. The van der Waals surface area contributed by atoms with Gasteiger partial charge in [0.15, 0.2) is 0 Å². The number of methoxy groups -OCH3 is 1. The summed E-state index contributed by atoms with van der Waals surface area (Å²) in [4.78, 5) is 2.33. The smallest absolute Gasteiger partial charge is 0.0589 e. The summed E-state index contributed by atoms with van der Waals surface area (Å²) in [5.41, 5.74) is 5.72. The first-order valence-corrected chi connectivity index (χ1v) is 4.56. The van der Waals surface area contributed by atoms with Crippen LogP contribution in [0.2, 0.25) is 0 Å². The van der Waals surface area contributed by atoms with Gasteiger partial charge in [0, 0.05) is 32.3 Å². The highest BCUT2D eigenvalue weighted by molar-refractivity contribution is 4.67. The largest absolute Gasteiger partial charge is 0.383 e. The second-order valence-corrected chi connectivity index (χ2v) is 3.56. The molecule has 0 amide bonds. The topological polar surface area (TPSA) is 38.5 Å². The van der Waals surface area contributed by atoms with Crippen LogP contribution in [0.3, 0.4) is 0 Å². The lowest BCUT2D eigenvalue weighted by molar-refractivity contribution is 0.126. The summed E-state index contributed by atoms with van der Waals surface area (Å²) in [7, 11) is 1.73. The maximum atomic E-state index is 5.72. The second kappa shape index (κ2) is 6.40. The highest BCUT2D eigenvalue weighted by Crippen LogP contribution is 1.98. The lowest BCUT2D eigenvalue weighted by Gasteiger charge is -2.27. The Labute approximate surface area is 75.9 Å². The van der Waals surface area contributed by atoms with Crippen LogP contribution in [-0.4, -0.2) is 43.8 Å². The van der Waals surface area contributed by atoms with Gasteiger partial charge in [0.05, 0.1) is 6.61 Å². The minimum Gasteiger partial charge on any atom is -0.383 e. The molecule has 2 N–H and O–H groups in total. The molecular weight excluding hydrogens is 152 g/mol. The molecular formula is C9H22N2O. The number of nitrogens with zero attached hydrogens (tertiary/aromatic N) is 1. The molecule has 0 aromatic carbocycles. The van der Waals surface area contributed by atoms with Crippen LogP contribution in [0.1, 0.15) is 20.8 Å². The lowest BCUT2D eigenvalue weighted by atomic mass is 10.2. The van der Waals surface area contributed by atoms with Crippen molar-refractivity contribution in [3.05, 3.63) is 0 Å². The Bertz CT molecular complexity index is 105. The second-order valence-electron chi connectivity index (χ2n) is 3.56. The molecule has 3 nitrogen and oxygen atoms in total. The SMILES string of the molecule is COCCN(C[C@@H](C)N)C(C)C. The van der Waals surface area contributed by atoms with Crippen molar-refractivity contribution >= 4 is 0 Å². The summed E-state index contributed by atoms with van der Waals surface area (Å²) < 4.78 is 5.02. The van der Waals surface area contributed by atoms with E-state index in [1.54, 1.807) is 7.11 Å². The van der Waals surface area contributed by atoms with Crippen molar-refractivity contribution in [2.75, 3.05) is 26.8 Å². The van der Waals surface area contributed by atoms with Crippen molar-refractivity contribution < 1.29 is 4.74 Å². The molecule has 0 aliphatic rings. The summed E-state index contributed by atoms with van der Waals surface area (Å²) in [6, 6.07) is 0.787. The van der Waals surface area contributed by atoms with E-state index < -0.39 is 0 Å². The molecule has 0 saturated heterocycles. The zero-order valence-corrected chi connectivity index (χ0v) is 8.71. The molecule has 0 rings (SSSR count). The van der Waals surface area contributed by atoms with E-state index in [-0.39, 0.29) is 6.04 Å². The predicted molar refractivity (Wildman–Crippen MR) is 52.2 cm³/mol. The van der Waals surface area contributed by atoms with Crippen molar-refractivity contribution in [1.82, 2.24) is 4.90 Å². The van der Waals surface area contributed by atoms with Gasteiger partial charge in [-0.3, -0.25) is 4.90 Å². The number of nitrogens with two attached hydrogens (primary N) is 1. The molecule has 0 fully saturated rings. The van der Waals surface area contributed by atoms with Crippen molar-refractivity contribution in [2.24, 2.45) is 5.73 Å². The molecule has 0 radical (unpaired) electrons. The van der Waals surface area contributed by atoms with Crippen molar-refractivity contribution in [3.8, 4) is 0 Å². The molecule has 0 aromatic heterocycles. The van der Waals surface area contributed by atoms with Crippen molar-refractivity contribution in [3.63, 3.8) is 0 Å². The number of rotatable bonds is 6. The molecule has 0 spiro atoms. The molecule has 0 saturated carbocycles. The van der Waals surface area contributed by atoms with E-state index in [0.29, 0.717) is 6.04 Å². The fraction of sp³-hybridized carbons (Fsp3) is 1.00. The molecule has 74 valence electrons. The van der Waals surface area contributed by atoms with Crippen LogP contribution in [0.15, 0.2) is 0 Å². The molecule has 1 atom stereocenters. The molecule has 0 aliphatic carbocycles. The quantitative estimate of drug-likeness (QED) is 0.644. The van der Waals surface area contributed by atoms with Gasteiger partial charge in [-0.2, -0.15) is 0 Å². The zero-order valence-electron chi connectivity index (χ0n) is 8.71. The van der Waals surface area contributed by atoms with Crippen LogP contribution in [0.25, 0.3) is 0 Å². The van der Waals surface area contributed by atoms with Gasteiger partial charge in [-0.15, -0.1) is 0 Å². The standard InChI is InChI=1S/C9H22N2O/c1-8(2)11(5-6-12-4)7-9(3)10/h8-9H,5-7,10H2,1-4H3/t9-/m1/s1. The first kappa shape index (κ1) is 11.9. The fourth-order valence-electron chi connectivity index (χ4n) is 1.14. The summed E-state index contributed by atoms with van der Waals surface area (Å²) in [6.07, 6.45) is 0. The third kappa shape index (κ3) is 5.52. The Morgan fingerprint density at radius 1 is 1.33 bits per heavy atom. The highest BCUT2D eigenvalue weighted by atomic mass is 16.5. The minimum atomic E-state index is 0.240. The summed E-state index contributed by atoms with van der Waals surface area (Å²) in [6.45, 7) is 9.08. The number of hydrogen-bond donors (Lipinski definition) is 1. The van der Waals surface area contributed by atoms with Crippen LogP contribution in [-0.2, 0) is 4.74 Å². The Morgan fingerprint density at radius 2 is 1.92 bits per heavy atom. The van der Waals surface area contributed by atoms with Crippen LogP contribution < -0.4 is 5.73 Å². The number of hydrogen-bond acceptors (Lipinski definition) is 3. The van der Waals surface area contributed by atoms with Crippen LogP contribution in [0.5, 0.6) is 0 Å². The molecule has 12 heavy (non-hydrogen) atoms. The Hall–Kier alpha value is -0.120. The van der Waals surface area contributed by atoms with E-state index in [0.717, 1.165) is 19.7 Å². The lowest BCUT2D eigenvalue weighted by Crippen LogP contribution is -2.41. The maximum absolute atomic E-state index is 5.72. The van der Waals surface area contributed by atoms with Gasteiger partial charge in [0.1, 0.15) is 0 Å².